The van der Waals surface area contributed by atoms with Gasteiger partial charge in [0.25, 0.3) is 0 Å². The first-order valence-electron chi connectivity index (χ1n) is 4.82. The van der Waals surface area contributed by atoms with E-state index in [-0.39, 0.29) is 6.42 Å². The number of para-hydroxylation sites is 2. The molecule has 0 aliphatic heterocycles. The molecular weight excluding hydrogens is 224 g/mol. The van der Waals surface area contributed by atoms with Crippen LogP contribution in [-0.4, -0.2) is 26.8 Å². The van der Waals surface area contributed by atoms with Gasteiger partial charge in [-0.1, -0.05) is 12.1 Å². The molecule has 0 aliphatic carbocycles. The van der Waals surface area contributed by atoms with Gasteiger partial charge >= 0.3 is 5.97 Å². The van der Waals surface area contributed by atoms with Gasteiger partial charge in [0.15, 0.2) is 0 Å². The minimum Gasteiger partial charge on any atom is -0.481 e. The fourth-order valence-electron chi connectivity index (χ4n) is 1.25. The molecule has 1 N–H and O–H groups in total. The highest BCUT2D eigenvalue weighted by molar-refractivity contribution is 7.99. The van der Waals surface area contributed by atoms with Crippen LogP contribution in [0.5, 0.6) is 0 Å². The fraction of sp³-hybridized carbons (Fsp3) is 0.182. The summed E-state index contributed by atoms with van der Waals surface area (Å²) in [4.78, 5) is 19.0. The third-order valence-electron chi connectivity index (χ3n) is 1.99. The lowest BCUT2D eigenvalue weighted by Crippen LogP contribution is -1.96. The van der Waals surface area contributed by atoms with Crippen molar-refractivity contribution in [3.8, 4) is 0 Å². The van der Waals surface area contributed by atoms with E-state index in [1.54, 1.807) is 6.20 Å². The largest absolute Gasteiger partial charge is 0.481 e. The zero-order chi connectivity index (χ0) is 11.4. The van der Waals surface area contributed by atoms with Crippen LogP contribution in [-0.2, 0) is 4.79 Å². The zero-order valence-corrected chi connectivity index (χ0v) is 9.28. The van der Waals surface area contributed by atoms with Crippen molar-refractivity contribution in [2.75, 3.05) is 5.75 Å². The van der Waals surface area contributed by atoms with Crippen LogP contribution in [0.1, 0.15) is 6.42 Å². The maximum atomic E-state index is 10.4. The number of carboxylic acid groups (broad SMARTS) is 1. The van der Waals surface area contributed by atoms with Gasteiger partial charge in [-0.15, -0.1) is 11.8 Å². The Morgan fingerprint density at radius 2 is 2.06 bits per heavy atom. The number of carbonyl (C=O) groups is 1. The van der Waals surface area contributed by atoms with E-state index in [1.165, 1.54) is 11.8 Å². The van der Waals surface area contributed by atoms with Crippen molar-refractivity contribution in [2.45, 2.75) is 11.4 Å². The van der Waals surface area contributed by atoms with Gasteiger partial charge < -0.3 is 5.11 Å². The number of carboxylic acids is 1. The van der Waals surface area contributed by atoms with Crippen molar-refractivity contribution < 1.29 is 9.90 Å². The Kier molecular flexibility index (Phi) is 3.36. The van der Waals surface area contributed by atoms with Crippen LogP contribution in [0.15, 0.2) is 35.5 Å². The number of rotatable bonds is 4. The van der Waals surface area contributed by atoms with E-state index < -0.39 is 5.97 Å². The number of aromatic nitrogens is 2. The van der Waals surface area contributed by atoms with Gasteiger partial charge in [0.2, 0.25) is 0 Å². The predicted molar refractivity (Wildman–Crippen MR) is 62.5 cm³/mol. The molecule has 0 saturated carbocycles. The second-order valence-electron chi connectivity index (χ2n) is 3.19. The van der Waals surface area contributed by atoms with E-state index in [2.05, 4.69) is 9.97 Å². The number of hydrogen-bond acceptors (Lipinski definition) is 4. The summed E-state index contributed by atoms with van der Waals surface area (Å²) in [5.41, 5.74) is 1.69. The van der Waals surface area contributed by atoms with Gasteiger partial charge in [0.05, 0.1) is 23.7 Å². The molecule has 1 heterocycles. The Bertz CT molecular complexity index is 516. The van der Waals surface area contributed by atoms with E-state index >= 15 is 0 Å². The Morgan fingerprint density at radius 3 is 2.81 bits per heavy atom. The smallest absolute Gasteiger partial charge is 0.304 e. The Balaban J connectivity index is 2.10. The van der Waals surface area contributed by atoms with Crippen LogP contribution in [0.4, 0.5) is 0 Å². The molecule has 0 spiro atoms. The molecule has 2 aromatic rings. The van der Waals surface area contributed by atoms with E-state index in [9.17, 15) is 4.79 Å². The Labute approximate surface area is 96.7 Å². The summed E-state index contributed by atoms with van der Waals surface area (Å²) in [6.45, 7) is 0. The molecule has 0 amide bonds. The molecule has 0 bridgehead atoms. The maximum absolute atomic E-state index is 10.4. The third kappa shape index (κ3) is 2.70. The van der Waals surface area contributed by atoms with Gasteiger partial charge in [0.1, 0.15) is 5.03 Å². The topological polar surface area (TPSA) is 63.1 Å². The fourth-order valence-corrected chi connectivity index (χ4v) is 2.03. The number of benzene rings is 1. The number of thioether (sulfide) groups is 1. The number of hydrogen-bond donors (Lipinski definition) is 1. The highest BCUT2D eigenvalue weighted by atomic mass is 32.2. The minimum atomic E-state index is -0.791. The summed E-state index contributed by atoms with van der Waals surface area (Å²) in [5.74, 6) is -0.274. The molecule has 4 nitrogen and oxygen atoms in total. The quantitative estimate of drug-likeness (QED) is 0.821. The van der Waals surface area contributed by atoms with Gasteiger partial charge in [-0.3, -0.25) is 9.78 Å². The van der Waals surface area contributed by atoms with E-state index in [0.29, 0.717) is 5.75 Å². The van der Waals surface area contributed by atoms with Gasteiger partial charge in [0, 0.05) is 5.75 Å². The van der Waals surface area contributed by atoms with Crippen LogP contribution in [0, 0.1) is 0 Å². The standard InChI is InChI=1S/C11H10N2O2S/c14-11(15)5-6-16-10-7-12-8-3-1-2-4-9(8)13-10/h1-4,7H,5-6H2,(H,14,15). The molecule has 0 radical (unpaired) electrons. The molecule has 0 saturated heterocycles. The first-order chi connectivity index (χ1) is 7.75. The van der Waals surface area contributed by atoms with Crippen LogP contribution < -0.4 is 0 Å². The first kappa shape index (κ1) is 10.9. The van der Waals surface area contributed by atoms with E-state index in [1.807, 2.05) is 24.3 Å². The monoisotopic (exact) mass is 234 g/mol. The summed E-state index contributed by atoms with van der Waals surface area (Å²) in [6.07, 6.45) is 1.81. The predicted octanol–water partition coefficient (Wildman–Crippen LogP) is 2.20. The first-order valence-corrected chi connectivity index (χ1v) is 5.80. The van der Waals surface area contributed by atoms with Crippen molar-refractivity contribution in [2.24, 2.45) is 0 Å². The van der Waals surface area contributed by atoms with Crippen LogP contribution in [0.3, 0.4) is 0 Å². The average molecular weight is 234 g/mol. The lowest BCUT2D eigenvalue weighted by molar-refractivity contribution is -0.136. The molecule has 0 aliphatic rings. The maximum Gasteiger partial charge on any atom is 0.304 e. The van der Waals surface area contributed by atoms with E-state index in [0.717, 1.165) is 16.1 Å². The summed E-state index contributed by atoms with van der Waals surface area (Å²) >= 11 is 1.41. The second kappa shape index (κ2) is 4.94. The van der Waals surface area contributed by atoms with Crippen molar-refractivity contribution in [3.63, 3.8) is 0 Å². The van der Waals surface area contributed by atoms with Crippen molar-refractivity contribution >= 4 is 28.8 Å². The van der Waals surface area contributed by atoms with Crippen LogP contribution in [0.2, 0.25) is 0 Å². The molecule has 16 heavy (non-hydrogen) atoms. The highest BCUT2D eigenvalue weighted by Crippen LogP contribution is 2.18. The number of nitrogens with zero attached hydrogens (tertiary/aromatic N) is 2. The van der Waals surface area contributed by atoms with Crippen molar-refractivity contribution in [1.82, 2.24) is 9.97 Å². The lowest BCUT2D eigenvalue weighted by Gasteiger charge is -2.00. The Morgan fingerprint density at radius 1 is 1.31 bits per heavy atom. The second-order valence-corrected chi connectivity index (χ2v) is 4.30. The molecule has 82 valence electrons. The molecule has 5 heteroatoms. The molecule has 0 fully saturated rings. The van der Waals surface area contributed by atoms with Gasteiger partial charge in [-0.2, -0.15) is 0 Å². The zero-order valence-electron chi connectivity index (χ0n) is 8.46. The van der Waals surface area contributed by atoms with Gasteiger partial charge in [-0.25, -0.2) is 4.98 Å². The van der Waals surface area contributed by atoms with Gasteiger partial charge in [-0.05, 0) is 12.1 Å². The van der Waals surface area contributed by atoms with Crippen molar-refractivity contribution in [1.29, 1.82) is 0 Å². The number of fused-ring (bicyclic) bond motifs is 1. The average Bonchev–Trinajstić information content (AvgIpc) is 2.28. The SMILES string of the molecule is O=C(O)CCSc1cnc2ccccc2n1. The number of aliphatic carboxylic acids is 1. The summed E-state index contributed by atoms with van der Waals surface area (Å²) in [5, 5.41) is 9.28. The van der Waals surface area contributed by atoms with E-state index in [4.69, 9.17) is 5.11 Å². The van der Waals surface area contributed by atoms with Crippen LogP contribution in [0.25, 0.3) is 11.0 Å². The normalized spacial score (nSPS) is 10.5. The summed E-state index contributed by atoms with van der Waals surface area (Å²) < 4.78 is 0. The Hall–Kier alpha value is -1.62. The van der Waals surface area contributed by atoms with Crippen molar-refractivity contribution in [3.05, 3.63) is 30.5 Å². The van der Waals surface area contributed by atoms with Crippen LogP contribution >= 0.6 is 11.8 Å². The third-order valence-corrected chi connectivity index (χ3v) is 2.89. The minimum absolute atomic E-state index is 0.138. The molecule has 0 atom stereocenters. The summed E-state index contributed by atoms with van der Waals surface area (Å²) in [7, 11) is 0. The molecular formula is C11H10N2O2S. The molecule has 2 rings (SSSR count). The highest BCUT2D eigenvalue weighted by Gasteiger charge is 2.01. The summed E-state index contributed by atoms with van der Waals surface area (Å²) in [6, 6.07) is 7.61. The molecule has 1 aromatic heterocycles. The molecule has 0 unspecified atom stereocenters. The molecule has 1 aromatic carbocycles. The lowest BCUT2D eigenvalue weighted by atomic mass is 10.3.